The van der Waals surface area contributed by atoms with Crippen molar-refractivity contribution in [3.05, 3.63) is 16.3 Å². The van der Waals surface area contributed by atoms with E-state index in [9.17, 15) is 9.59 Å². The maximum atomic E-state index is 11.7. The minimum atomic E-state index is -0.975. The fourth-order valence-electron chi connectivity index (χ4n) is 1.01. The first-order chi connectivity index (χ1) is 7.86. The summed E-state index contributed by atoms with van der Waals surface area (Å²) in [4.78, 5) is 23.0. The summed E-state index contributed by atoms with van der Waals surface area (Å²) in [5, 5.41) is 13.2. The zero-order valence-electron chi connectivity index (χ0n) is 9.94. The monoisotopic (exact) mass is 257 g/mol. The molecule has 6 heteroatoms. The summed E-state index contributed by atoms with van der Waals surface area (Å²) >= 11 is 1.26. The number of aliphatic carboxylic acids is 1. The Hall–Kier alpha value is -1.56. The van der Waals surface area contributed by atoms with E-state index in [1.807, 2.05) is 0 Å². The highest BCUT2D eigenvalue weighted by atomic mass is 32.1. The van der Waals surface area contributed by atoms with Gasteiger partial charge in [-0.1, -0.05) is 0 Å². The molecule has 0 aromatic carbocycles. The third kappa shape index (κ3) is 3.45. The number of hydrogen-bond donors (Lipinski definition) is 2. The first-order valence-electron chi connectivity index (χ1n) is 5.01. The number of nitrogens with one attached hydrogen (secondary N) is 1. The van der Waals surface area contributed by atoms with Crippen molar-refractivity contribution in [1.29, 1.82) is 0 Å². The molecule has 0 aliphatic carbocycles. The van der Waals surface area contributed by atoms with Crippen LogP contribution in [0.4, 0.5) is 0 Å². The summed E-state index contributed by atoms with van der Waals surface area (Å²) in [6.45, 7) is 3.20. The SMILES string of the molecule is COc1csc(C(=O)NCC(C)(C)C(=O)O)c1. The van der Waals surface area contributed by atoms with Gasteiger partial charge in [0, 0.05) is 18.0 Å². The molecule has 94 valence electrons. The molecule has 0 saturated carbocycles. The Morgan fingerprint density at radius 2 is 2.18 bits per heavy atom. The van der Waals surface area contributed by atoms with Crippen LogP contribution in [0.1, 0.15) is 23.5 Å². The van der Waals surface area contributed by atoms with Gasteiger partial charge < -0.3 is 15.2 Å². The Morgan fingerprint density at radius 3 is 2.65 bits per heavy atom. The van der Waals surface area contributed by atoms with Gasteiger partial charge in [-0.25, -0.2) is 0 Å². The number of carbonyl (C=O) groups is 2. The van der Waals surface area contributed by atoms with E-state index in [1.165, 1.54) is 18.4 Å². The molecule has 1 aromatic rings. The van der Waals surface area contributed by atoms with Gasteiger partial charge in [0.05, 0.1) is 17.4 Å². The van der Waals surface area contributed by atoms with E-state index in [-0.39, 0.29) is 12.5 Å². The van der Waals surface area contributed by atoms with Crippen molar-refractivity contribution >= 4 is 23.2 Å². The maximum absolute atomic E-state index is 11.7. The molecule has 17 heavy (non-hydrogen) atoms. The summed E-state index contributed by atoms with van der Waals surface area (Å²) in [6, 6.07) is 1.62. The highest BCUT2D eigenvalue weighted by molar-refractivity contribution is 7.12. The van der Waals surface area contributed by atoms with Gasteiger partial charge in [0.2, 0.25) is 0 Å². The van der Waals surface area contributed by atoms with E-state index in [2.05, 4.69) is 5.32 Å². The Morgan fingerprint density at radius 1 is 1.53 bits per heavy atom. The molecule has 1 aromatic heterocycles. The number of carboxylic acids is 1. The standard InChI is InChI=1S/C11H15NO4S/c1-11(2,10(14)15)6-12-9(13)8-4-7(16-3)5-17-8/h4-5H,6H2,1-3H3,(H,12,13)(H,14,15). The average molecular weight is 257 g/mol. The molecule has 0 aliphatic heterocycles. The Kier molecular flexibility index (Phi) is 4.11. The van der Waals surface area contributed by atoms with Crippen LogP contribution in [0, 0.1) is 5.41 Å². The molecule has 0 fully saturated rings. The Labute approximate surface area is 103 Å². The van der Waals surface area contributed by atoms with Crippen molar-refractivity contribution in [3.8, 4) is 5.75 Å². The molecule has 0 atom stereocenters. The molecule has 2 N–H and O–H groups in total. The molecule has 1 amide bonds. The predicted molar refractivity (Wildman–Crippen MR) is 64.6 cm³/mol. The van der Waals surface area contributed by atoms with Crippen LogP contribution in [0.15, 0.2) is 11.4 Å². The highest BCUT2D eigenvalue weighted by Crippen LogP contribution is 2.21. The number of methoxy groups -OCH3 is 1. The average Bonchev–Trinajstić information content (AvgIpc) is 2.74. The quantitative estimate of drug-likeness (QED) is 0.840. The number of thiophene rings is 1. The zero-order chi connectivity index (χ0) is 13.1. The van der Waals surface area contributed by atoms with Crippen LogP contribution in [-0.4, -0.2) is 30.6 Å². The van der Waals surface area contributed by atoms with E-state index < -0.39 is 11.4 Å². The fourth-order valence-corrected chi connectivity index (χ4v) is 1.78. The highest BCUT2D eigenvalue weighted by Gasteiger charge is 2.27. The molecular weight excluding hydrogens is 242 g/mol. The van der Waals surface area contributed by atoms with Crippen molar-refractivity contribution in [1.82, 2.24) is 5.32 Å². The predicted octanol–water partition coefficient (Wildman–Crippen LogP) is 1.60. The van der Waals surface area contributed by atoms with Gasteiger partial charge in [-0.2, -0.15) is 0 Å². The first-order valence-corrected chi connectivity index (χ1v) is 5.89. The second-order valence-electron chi connectivity index (χ2n) is 4.22. The van der Waals surface area contributed by atoms with Gasteiger partial charge in [0.25, 0.3) is 5.91 Å². The van der Waals surface area contributed by atoms with Crippen LogP contribution in [0.25, 0.3) is 0 Å². The van der Waals surface area contributed by atoms with Gasteiger partial charge in [0.15, 0.2) is 0 Å². The van der Waals surface area contributed by atoms with Gasteiger partial charge in [-0.05, 0) is 13.8 Å². The molecule has 5 nitrogen and oxygen atoms in total. The number of hydrogen-bond acceptors (Lipinski definition) is 4. The number of rotatable bonds is 5. The zero-order valence-corrected chi connectivity index (χ0v) is 10.8. The molecule has 0 radical (unpaired) electrons. The van der Waals surface area contributed by atoms with Crippen molar-refractivity contribution < 1.29 is 19.4 Å². The summed E-state index contributed by atoms with van der Waals surface area (Å²) < 4.78 is 4.96. The Bertz CT molecular complexity index is 425. The molecule has 1 heterocycles. The van der Waals surface area contributed by atoms with E-state index >= 15 is 0 Å². The number of ether oxygens (including phenoxy) is 1. The molecule has 0 unspecified atom stereocenters. The molecule has 0 saturated heterocycles. The van der Waals surface area contributed by atoms with Crippen LogP contribution in [0.5, 0.6) is 5.75 Å². The van der Waals surface area contributed by atoms with Gasteiger partial charge in [-0.3, -0.25) is 9.59 Å². The lowest BCUT2D eigenvalue weighted by atomic mass is 9.94. The molecule has 1 rings (SSSR count). The van der Waals surface area contributed by atoms with Crippen molar-refractivity contribution in [2.75, 3.05) is 13.7 Å². The van der Waals surface area contributed by atoms with E-state index in [0.717, 1.165) is 0 Å². The number of carboxylic acid groups (broad SMARTS) is 1. The summed E-state index contributed by atoms with van der Waals surface area (Å²) in [5.41, 5.74) is -0.975. The fraction of sp³-hybridized carbons (Fsp3) is 0.455. The summed E-state index contributed by atoms with van der Waals surface area (Å²) in [5.74, 6) is -0.605. The molecule has 0 aliphatic rings. The summed E-state index contributed by atoms with van der Waals surface area (Å²) in [6.07, 6.45) is 0. The third-order valence-corrected chi connectivity index (χ3v) is 3.21. The van der Waals surface area contributed by atoms with Crippen molar-refractivity contribution in [2.45, 2.75) is 13.8 Å². The lowest BCUT2D eigenvalue weighted by molar-refractivity contribution is -0.146. The van der Waals surface area contributed by atoms with Gasteiger partial charge in [-0.15, -0.1) is 11.3 Å². The first kappa shape index (κ1) is 13.5. The maximum Gasteiger partial charge on any atom is 0.310 e. The smallest absolute Gasteiger partial charge is 0.310 e. The van der Waals surface area contributed by atoms with Gasteiger partial charge in [0.1, 0.15) is 5.75 Å². The lowest BCUT2D eigenvalue weighted by Crippen LogP contribution is -2.38. The summed E-state index contributed by atoms with van der Waals surface area (Å²) in [7, 11) is 1.53. The largest absolute Gasteiger partial charge is 0.496 e. The van der Waals surface area contributed by atoms with Gasteiger partial charge >= 0.3 is 5.97 Å². The van der Waals surface area contributed by atoms with Crippen molar-refractivity contribution in [2.24, 2.45) is 5.41 Å². The minimum absolute atomic E-state index is 0.0847. The molecule has 0 spiro atoms. The van der Waals surface area contributed by atoms with Crippen molar-refractivity contribution in [3.63, 3.8) is 0 Å². The number of carbonyl (C=O) groups excluding carboxylic acids is 1. The third-order valence-electron chi connectivity index (χ3n) is 2.30. The molecule has 0 bridgehead atoms. The Balaban J connectivity index is 2.58. The molecular formula is C11H15NO4S. The van der Waals surface area contributed by atoms with E-state index in [4.69, 9.17) is 9.84 Å². The normalized spacial score (nSPS) is 11.0. The van der Waals surface area contributed by atoms with Crippen LogP contribution in [-0.2, 0) is 4.79 Å². The topological polar surface area (TPSA) is 75.6 Å². The van der Waals surface area contributed by atoms with Crippen LogP contribution in [0.2, 0.25) is 0 Å². The van der Waals surface area contributed by atoms with Crippen LogP contribution < -0.4 is 10.1 Å². The van der Waals surface area contributed by atoms with E-state index in [1.54, 1.807) is 25.3 Å². The number of amides is 1. The van der Waals surface area contributed by atoms with E-state index in [0.29, 0.717) is 10.6 Å². The second-order valence-corrected chi connectivity index (χ2v) is 5.13. The minimum Gasteiger partial charge on any atom is -0.496 e. The second kappa shape index (κ2) is 5.18. The lowest BCUT2D eigenvalue weighted by Gasteiger charge is -2.18. The van der Waals surface area contributed by atoms with Crippen LogP contribution >= 0.6 is 11.3 Å². The van der Waals surface area contributed by atoms with Crippen LogP contribution in [0.3, 0.4) is 0 Å².